The smallest absolute Gasteiger partial charge is 0.221 e. The number of hydrogen-bond acceptors (Lipinski definition) is 6. The number of nitrogens with one attached hydrogen (secondary N) is 1. The molecule has 19 heavy (non-hydrogen) atoms. The van der Waals surface area contributed by atoms with Gasteiger partial charge >= 0.3 is 0 Å². The van der Waals surface area contributed by atoms with Crippen LogP contribution in [0.1, 0.15) is 35.7 Å². The maximum atomic E-state index is 11.8. The Bertz CT molecular complexity index is 618. The zero-order chi connectivity index (χ0) is 13.4. The number of nitrogens with zero attached hydrogens (tertiary/aromatic N) is 4. The summed E-state index contributed by atoms with van der Waals surface area (Å²) in [7, 11) is 0. The molecule has 3 rings (SSSR count). The Kier molecular flexibility index (Phi) is 2.94. The Balaban J connectivity index is 2.09. The number of hydrogen-bond donors (Lipinski definition) is 2. The van der Waals surface area contributed by atoms with Crippen LogP contribution in [0.4, 0.5) is 5.13 Å². The van der Waals surface area contributed by atoms with E-state index in [-0.39, 0.29) is 11.8 Å². The largest absolute Gasteiger partial charge is 0.375 e. The number of aryl methyl sites for hydroxylation is 1. The highest BCUT2D eigenvalue weighted by molar-refractivity contribution is 7.15. The zero-order valence-corrected chi connectivity index (χ0v) is 11.3. The molecule has 1 amide bonds. The van der Waals surface area contributed by atoms with Crippen LogP contribution in [0.25, 0.3) is 0 Å². The molecule has 0 bridgehead atoms. The second kappa shape index (κ2) is 4.61. The molecule has 0 aliphatic carbocycles. The number of amides is 1. The number of anilines is 1. The Morgan fingerprint density at radius 1 is 1.63 bits per heavy atom. The molecule has 2 aromatic heterocycles. The number of nitrogen functional groups attached to an aromatic ring is 1. The van der Waals surface area contributed by atoms with Gasteiger partial charge in [0.25, 0.3) is 0 Å². The van der Waals surface area contributed by atoms with E-state index in [1.807, 2.05) is 11.6 Å². The van der Waals surface area contributed by atoms with Gasteiger partial charge in [-0.3, -0.25) is 4.79 Å². The average molecular weight is 278 g/mol. The molecule has 0 saturated carbocycles. The minimum absolute atomic E-state index is 0.000533. The number of rotatable bonds is 2. The van der Waals surface area contributed by atoms with Crippen LogP contribution in [0.2, 0.25) is 0 Å². The van der Waals surface area contributed by atoms with Gasteiger partial charge in [0.15, 0.2) is 5.13 Å². The van der Waals surface area contributed by atoms with E-state index < -0.39 is 0 Å². The van der Waals surface area contributed by atoms with Gasteiger partial charge in [0, 0.05) is 17.8 Å². The van der Waals surface area contributed by atoms with Gasteiger partial charge in [-0.1, -0.05) is 0 Å². The molecule has 2 aromatic rings. The number of aromatic nitrogens is 4. The standard InChI is InChI=1S/C11H14N6OS/c1-2-17-10(14-5-15-17)6-3-8(18)13-4-7-9(6)19-11(12)16-7/h5-6H,2-4H2,1H3,(H2,12,16)(H,13,18)/t6-/m0/s1. The third-order valence-electron chi connectivity index (χ3n) is 3.16. The van der Waals surface area contributed by atoms with E-state index in [1.165, 1.54) is 17.7 Å². The minimum atomic E-state index is -0.116. The van der Waals surface area contributed by atoms with Crippen LogP contribution in [0, 0.1) is 0 Å². The predicted octanol–water partition coefficient (Wildman–Crippen LogP) is 0.489. The van der Waals surface area contributed by atoms with Gasteiger partial charge in [0.2, 0.25) is 5.91 Å². The van der Waals surface area contributed by atoms with E-state index in [1.54, 1.807) is 0 Å². The molecule has 7 nitrogen and oxygen atoms in total. The third-order valence-corrected chi connectivity index (χ3v) is 4.20. The highest BCUT2D eigenvalue weighted by atomic mass is 32.1. The van der Waals surface area contributed by atoms with Crippen LogP contribution < -0.4 is 11.1 Å². The summed E-state index contributed by atoms with van der Waals surface area (Å²) in [6.45, 7) is 3.15. The topological polar surface area (TPSA) is 98.7 Å². The molecule has 0 radical (unpaired) electrons. The molecule has 3 heterocycles. The Morgan fingerprint density at radius 2 is 2.47 bits per heavy atom. The first kappa shape index (κ1) is 12.1. The van der Waals surface area contributed by atoms with E-state index in [2.05, 4.69) is 20.4 Å². The molecule has 0 fully saturated rings. The number of thiazole rings is 1. The highest BCUT2D eigenvalue weighted by Gasteiger charge is 2.30. The fourth-order valence-corrected chi connectivity index (χ4v) is 3.26. The number of carbonyl (C=O) groups is 1. The third kappa shape index (κ3) is 2.07. The van der Waals surface area contributed by atoms with Crippen molar-refractivity contribution < 1.29 is 4.79 Å². The summed E-state index contributed by atoms with van der Waals surface area (Å²) in [5, 5.41) is 7.53. The van der Waals surface area contributed by atoms with Gasteiger partial charge in [-0.2, -0.15) is 5.10 Å². The summed E-state index contributed by atoms with van der Waals surface area (Å²) in [4.78, 5) is 21.4. The first-order valence-corrected chi connectivity index (χ1v) is 6.90. The first-order chi connectivity index (χ1) is 9.19. The average Bonchev–Trinajstić information content (AvgIpc) is 2.96. The lowest BCUT2D eigenvalue weighted by molar-refractivity contribution is -0.121. The molecule has 1 aliphatic heterocycles. The van der Waals surface area contributed by atoms with Crippen molar-refractivity contribution in [3.8, 4) is 0 Å². The van der Waals surface area contributed by atoms with Crippen molar-refractivity contribution in [3.05, 3.63) is 22.7 Å². The normalized spacial score (nSPS) is 18.8. The Hall–Kier alpha value is -1.96. The summed E-state index contributed by atoms with van der Waals surface area (Å²) >= 11 is 1.42. The number of carbonyl (C=O) groups excluding carboxylic acids is 1. The van der Waals surface area contributed by atoms with Gasteiger partial charge in [-0.25, -0.2) is 14.6 Å². The van der Waals surface area contributed by atoms with Crippen molar-refractivity contribution in [1.82, 2.24) is 25.1 Å². The fourth-order valence-electron chi connectivity index (χ4n) is 2.31. The summed E-state index contributed by atoms with van der Waals surface area (Å²) < 4.78 is 1.81. The maximum absolute atomic E-state index is 11.8. The van der Waals surface area contributed by atoms with E-state index in [4.69, 9.17) is 5.73 Å². The van der Waals surface area contributed by atoms with E-state index >= 15 is 0 Å². The van der Waals surface area contributed by atoms with Gasteiger partial charge in [-0.05, 0) is 6.92 Å². The molecule has 100 valence electrons. The summed E-state index contributed by atoms with van der Waals surface area (Å²) in [5.74, 6) is 0.679. The summed E-state index contributed by atoms with van der Waals surface area (Å²) in [5.41, 5.74) is 6.62. The van der Waals surface area contributed by atoms with Crippen molar-refractivity contribution in [1.29, 1.82) is 0 Å². The van der Waals surface area contributed by atoms with Crippen molar-refractivity contribution in [2.75, 3.05) is 5.73 Å². The zero-order valence-electron chi connectivity index (χ0n) is 10.5. The van der Waals surface area contributed by atoms with Gasteiger partial charge in [0.05, 0.1) is 18.2 Å². The summed E-state index contributed by atoms with van der Waals surface area (Å²) in [6, 6.07) is 0. The van der Waals surface area contributed by atoms with Crippen molar-refractivity contribution in [2.24, 2.45) is 0 Å². The van der Waals surface area contributed by atoms with Crippen molar-refractivity contribution in [2.45, 2.75) is 32.4 Å². The molecule has 1 atom stereocenters. The van der Waals surface area contributed by atoms with E-state index in [0.29, 0.717) is 18.1 Å². The van der Waals surface area contributed by atoms with E-state index in [9.17, 15) is 4.79 Å². The fraction of sp³-hybridized carbons (Fsp3) is 0.455. The van der Waals surface area contributed by atoms with Crippen LogP contribution in [0.3, 0.4) is 0 Å². The van der Waals surface area contributed by atoms with Gasteiger partial charge in [0.1, 0.15) is 12.2 Å². The number of fused-ring (bicyclic) bond motifs is 1. The lowest BCUT2D eigenvalue weighted by Gasteiger charge is -2.12. The highest BCUT2D eigenvalue weighted by Crippen LogP contribution is 2.36. The van der Waals surface area contributed by atoms with Crippen LogP contribution in [-0.2, 0) is 17.9 Å². The Morgan fingerprint density at radius 3 is 3.26 bits per heavy atom. The molecule has 3 N–H and O–H groups in total. The molecule has 0 spiro atoms. The second-order valence-electron chi connectivity index (χ2n) is 4.33. The van der Waals surface area contributed by atoms with E-state index in [0.717, 1.165) is 22.9 Å². The lowest BCUT2D eigenvalue weighted by Crippen LogP contribution is -2.22. The van der Waals surface area contributed by atoms with Gasteiger partial charge in [-0.15, -0.1) is 11.3 Å². The molecule has 0 unspecified atom stereocenters. The quantitative estimate of drug-likeness (QED) is 0.833. The number of nitrogens with two attached hydrogens (primary N) is 1. The molecule has 0 aromatic carbocycles. The summed E-state index contributed by atoms with van der Waals surface area (Å²) in [6.07, 6.45) is 1.87. The van der Waals surface area contributed by atoms with Gasteiger partial charge < -0.3 is 11.1 Å². The van der Waals surface area contributed by atoms with Crippen molar-refractivity contribution in [3.63, 3.8) is 0 Å². The monoisotopic (exact) mass is 278 g/mol. The van der Waals surface area contributed by atoms with Crippen LogP contribution in [0.5, 0.6) is 0 Å². The molecule has 8 heteroatoms. The van der Waals surface area contributed by atoms with Crippen LogP contribution >= 0.6 is 11.3 Å². The van der Waals surface area contributed by atoms with Crippen LogP contribution in [-0.4, -0.2) is 25.7 Å². The Labute approximate surface area is 113 Å². The first-order valence-electron chi connectivity index (χ1n) is 6.08. The van der Waals surface area contributed by atoms with Crippen LogP contribution in [0.15, 0.2) is 6.33 Å². The van der Waals surface area contributed by atoms with Crippen molar-refractivity contribution >= 4 is 22.4 Å². The lowest BCUT2D eigenvalue weighted by atomic mass is 10.0. The minimum Gasteiger partial charge on any atom is -0.375 e. The molecular formula is C11H14N6OS. The second-order valence-corrected chi connectivity index (χ2v) is 5.39. The molecule has 1 aliphatic rings. The SMILES string of the molecule is CCn1ncnc1[C@H]1CC(=O)NCc2nc(N)sc21. The maximum Gasteiger partial charge on any atom is 0.221 e. The molecule has 0 saturated heterocycles. The molecular weight excluding hydrogens is 264 g/mol. The predicted molar refractivity (Wildman–Crippen MR) is 70.5 cm³/mol.